The van der Waals surface area contributed by atoms with Gasteiger partial charge in [0.15, 0.2) is 0 Å². The van der Waals surface area contributed by atoms with E-state index in [2.05, 4.69) is 67.6 Å². The third-order valence-corrected chi connectivity index (χ3v) is 9.07. The first kappa shape index (κ1) is 26.2. The minimum atomic E-state index is -0.204. The number of aryl methyl sites for hydroxylation is 1. The monoisotopic (exact) mass is 474 g/mol. The number of unbranched alkanes of at least 4 members (excludes halogenated alkanes) is 2. The Bertz CT molecular complexity index is 862. The Balaban J connectivity index is 1.21. The van der Waals surface area contributed by atoms with Gasteiger partial charge in [-0.25, -0.2) is 0 Å². The van der Waals surface area contributed by atoms with Gasteiger partial charge < -0.3 is 0 Å². The molecule has 0 aromatic heterocycles. The van der Waals surface area contributed by atoms with Crippen molar-refractivity contribution in [1.82, 2.24) is 0 Å². The van der Waals surface area contributed by atoms with Gasteiger partial charge in [0.2, 0.25) is 0 Å². The van der Waals surface area contributed by atoms with E-state index in [1.165, 1.54) is 87.3 Å². The molecule has 2 aromatic rings. The minimum Gasteiger partial charge on any atom is -0.251 e. The van der Waals surface area contributed by atoms with Gasteiger partial charge >= 0.3 is 0 Å². The predicted octanol–water partition coefficient (Wildman–Crippen LogP) is 10.5. The predicted molar refractivity (Wildman–Crippen MR) is 150 cm³/mol. The quantitative estimate of drug-likeness (QED) is 0.224. The number of rotatable bonds is 11. The molecule has 0 unspecified atom stereocenters. The van der Waals surface area contributed by atoms with E-state index in [4.69, 9.17) is 0 Å². The van der Waals surface area contributed by atoms with Crippen molar-refractivity contribution in [2.24, 2.45) is 17.8 Å². The second kappa shape index (κ2) is 14.0. The molecule has 0 heterocycles. The van der Waals surface area contributed by atoms with E-state index < -0.39 is 0 Å². The highest BCUT2D eigenvalue weighted by Gasteiger charge is 2.31. The average molecular weight is 475 g/mol. The van der Waals surface area contributed by atoms with Gasteiger partial charge in [-0.3, -0.25) is 4.39 Å². The SMILES string of the molecule is C/C=C/CCCC1CCC(C2CCC(c3ccc(-c4ccc(CCCCF)cc4)cc3)CC2)CC1. The second-order valence-corrected chi connectivity index (χ2v) is 11.4. The van der Waals surface area contributed by atoms with E-state index in [1.54, 1.807) is 5.56 Å². The summed E-state index contributed by atoms with van der Waals surface area (Å²) in [6, 6.07) is 18.3. The fourth-order valence-corrected chi connectivity index (χ4v) is 6.80. The van der Waals surface area contributed by atoms with E-state index in [-0.39, 0.29) is 6.67 Å². The average Bonchev–Trinajstić information content (AvgIpc) is 2.92. The Labute approximate surface area is 214 Å². The van der Waals surface area contributed by atoms with Crippen LogP contribution in [0.25, 0.3) is 11.1 Å². The summed E-state index contributed by atoms with van der Waals surface area (Å²) in [5.74, 6) is 3.74. The summed E-state index contributed by atoms with van der Waals surface area (Å²) >= 11 is 0. The normalized spacial score (nSPS) is 25.2. The fourth-order valence-electron chi connectivity index (χ4n) is 6.80. The largest absolute Gasteiger partial charge is 0.251 e. The van der Waals surface area contributed by atoms with Crippen LogP contribution in [-0.2, 0) is 6.42 Å². The first-order valence-electron chi connectivity index (χ1n) is 14.6. The lowest BCUT2D eigenvalue weighted by Gasteiger charge is -2.38. The van der Waals surface area contributed by atoms with Crippen LogP contribution in [0.4, 0.5) is 4.39 Å². The molecule has 0 bridgehead atoms. The van der Waals surface area contributed by atoms with Crippen molar-refractivity contribution < 1.29 is 4.39 Å². The van der Waals surface area contributed by atoms with Crippen molar-refractivity contribution in [3.63, 3.8) is 0 Å². The second-order valence-electron chi connectivity index (χ2n) is 11.4. The van der Waals surface area contributed by atoms with Crippen LogP contribution in [0.2, 0.25) is 0 Å². The van der Waals surface area contributed by atoms with Gasteiger partial charge in [0, 0.05) is 0 Å². The van der Waals surface area contributed by atoms with Crippen molar-refractivity contribution >= 4 is 0 Å². The van der Waals surface area contributed by atoms with Gasteiger partial charge in [-0.1, -0.05) is 79.9 Å². The van der Waals surface area contributed by atoms with E-state index in [1.807, 2.05) is 0 Å². The Morgan fingerprint density at radius 3 is 1.91 bits per heavy atom. The molecule has 0 spiro atoms. The molecule has 0 nitrogen and oxygen atoms in total. The van der Waals surface area contributed by atoms with Crippen LogP contribution in [-0.4, -0.2) is 6.67 Å². The van der Waals surface area contributed by atoms with E-state index in [0.29, 0.717) is 6.42 Å². The maximum atomic E-state index is 12.3. The fraction of sp³-hybridized carbons (Fsp3) is 0.588. The molecule has 0 N–H and O–H groups in total. The highest BCUT2D eigenvalue weighted by atomic mass is 19.1. The first-order valence-corrected chi connectivity index (χ1v) is 14.6. The molecular weight excluding hydrogens is 427 g/mol. The molecule has 190 valence electrons. The van der Waals surface area contributed by atoms with Gasteiger partial charge in [0.1, 0.15) is 0 Å². The molecule has 2 saturated carbocycles. The molecule has 0 atom stereocenters. The van der Waals surface area contributed by atoms with Crippen molar-refractivity contribution in [1.29, 1.82) is 0 Å². The van der Waals surface area contributed by atoms with Crippen LogP contribution in [0.5, 0.6) is 0 Å². The highest BCUT2D eigenvalue weighted by Crippen LogP contribution is 2.44. The van der Waals surface area contributed by atoms with Crippen molar-refractivity contribution in [3.8, 4) is 11.1 Å². The molecule has 4 rings (SSSR count). The zero-order valence-corrected chi connectivity index (χ0v) is 22.1. The Morgan fingerprint density at radius 1 is 0.714 bits per heavy atom. The first-order chi connectivity index (χ1) is 17.3. The number of hydrogen-bond acceptors (Lipinski definition) is 0. The van der Waals surface area contributed by atoms with Crippen molar-refractivity contribution in [3.05, 3.63) is 71.8 Å². The van der Waals surface area contributed by atoms with Gasteiger partial charge in [0.05, 0.1) is 6.67 Å². The van der Waals surface area contributed by atoms with E-state index >= 15 is 0 Å². The van der Waals surface area contributed by atoms with Gasteiger partial charge in [-0.15, -0.1) is 0 Å². The maximum Gasteiger partial charge on any atom is 0.0894 e. The lowest BCUT2D eigenvalue weighted by atomic mass is 9.68. The molecule has 2 aliphatic carbocycles. The summed E-state index contributed by atoms with van der Waals surface area (Å²) in [6.07, 6.45) is 22.8. The van der Waals surface area contributed by atoms with Crippen molar-refractivity contribution in [2.45, 2.75) is 103 Å². The van der Waals surface area contributed by atoms with E-state index in [0.717, 1.165) is 36.5 Å². The summed E-state index contributed by atoms with van der Waals surface area (Å²) in [7, 11) is 0. The van der Waals surface area contributed by atoms with Crippen LogP contribution in [0.3, 0.4) is 0 Å². The molecule has 2 aromatic carbocycles. The standard InChI is InChI=1S/C34H47F/c1-2-3-4-5-8-27-10-14-29(15-11-27)31-18-22-33(23-19-31)34-24-20-32(21-25-34)30-16-12-28(13-17-30)9-6-7-26-35/h2-3,12-13,16-17,20-21,24-25,27,29,31,33H,4-11,14-15,18-19,22-23,26H2,1H3/b3-2+. The third kappa shape index (κ3) is 7.80. The molecule has 1 heteroatoms. The third-order valence-electron chi connectivity index (χ3n) is 9.07. The molecule has 0 amide bonds. The number of benzene rings is 2. The van der Waals surface area contributed by atoms with Crippen LogP contribution in [0, 0.1) is 17.8 Å². The molecule has 35 heavy (non-hydrogen) atoms. The van der Waals surface area contributed by atoms with Gasteiger partial charge in [-0.2, -0.15) is 0 Å². The summed E-state index contributed by atoms with van der Waals surface area (Å²) in [5.41, 5.74) is 5.44. The summed E-state index contributed by atoms with van der Waals surface area (Å²) < 4.78 is 12.3. The number of hydrogen-bond donors (Lipinski definition) is 0. The summed E-state index contributed by atoms with van der Waals surface area (Å²) in [4.78, 5) is 0. The highest BCUT2D eigenvalue weighted by molar-refractivity contribution is 5.64. The number of allylic oxidation sites excluding steroid dienone is 2. The summed E-state index contributed by atoms with van der Waals surface area (Å²) in [5, 5.41) is 0. The molecule has 0 aliphatic heterocycles. The lowest BCUT2D eigenvalue weighted by molar-refractivity contribution is 0.156. The maximum absolute atomic E-state index is 12.3. The number of halogens is 1. The zero-order valence-electron chi connectivity index (χ0n) is 22.1. The Kier molecular flexibility index (Phi) is 10.5. The molecular formula is C34H47F. The van der Waals surface area contributed by atoms with Crippen LogP contribution in [0.15, 0.2) is 60.7 Å². The zero-order chi connectivity index (χ0) is 24.3. The molecule has 2 fully saturated rings. The summed E-state index contributed by atoms with van der Waals surface area (Å²) in [6.45, 7) is 1.93. The Hall–Kier alpha value is -1.89. The van der Waals surface area contributed by atoms with Crippen LogP contribution in [0.1, 0.15) is 107 Å². The van der Waals surface area contributed by atoms with E-state index in [9.17, 15) is 4.39 Å². The van der Waals surface area contributed by atoms with Gasteiger partial charge in [-0.05, 0) is 123 Å². The smallest absolute Gasteiger partial charge is 0.0894 e. The Morgan fingerprint density at radius 2 is 1.31 bits per heavy atom. The van der Waals surface area contributed by atoms with Crippen molar-refractivity contribution in [2.75, 3.05) is 6.67 Å². The molecule has 2 aliphatic rings. The molecule has 0 radical (unpaired) electrons. The lowest BCUT2D eigenvalue weighted by Crippen LogP contribution is -2.25. The van der Waals surface area contributed by atoms with Crippen LogP contribution < -0.4 is 0 Å². The molecule has 0 saturated heterocycles. The topological polar surface area (TPSA) is 0 Å². The minimum absolute atomic E-state index is 0.204. The number of alkyl halides is 1. The van der Waals surface area contributed by atoms with Gasteiger partial charge in [0.25, 0.3) is 0 Å². The van der Waals surface area contributed by atoms with Crippen LogP contribution >= 0.6 is 0 Å².